The molecule has 0 unspecified atom stereocenters. The summed E-state index contributed by atoms with van der Waals surface area (Å²) in [5, 5.41) is 4.04. The fraction of sp³-hybridized carbons (Fsp3) is 0.111. The molecule has 1 heterocycles. The van der Waals surface area contributed by atoms with Crippen LogP contribution < -0.4 is 0 Å². The Morgan fingerprint density at radius 1 is 1.20 bits per heavy atom. The van der Waals surface area contributed by atoms with Crippen LogP contribution in [0.3, 0.4) is 0 Å². The zero-order chi connectivity index (χ0) is 18.0. The number of nitrogens with zero attached hydrogens (tertiary/aromatic N) is 1. The van der Waals surface area contributed by atoms with Crippen molar-refractivity contribution in [1.29, 1.82) is 0 Å². The van der Waals surface area contributed by atoms with Crippen molar-refractivity contribution >= 4 is 17.6 Å². The predicted octanol–water partition coefficient (Wildman–Crippen LogP) is 4.94. The lowest BCUT2D eigenvalue weighted by atomic mass is 10.1. The number of esters is 1. The van der Waals surface area contributed by atoms with Crippen LogP contribution in [0.1, 0.15) is 21.6 Å². The highest BCUT2D eigenvalue weighted by Crippen LogP contribution is 2.26. The zero-order valence-corrected chi connectivity index (χ0v) is 13.8. The number of hydrogen-bond acceptors (Lipinski definition) is 4. The van der Waals surface area contributed by atoms with Gasteiger partial charge in [0.1, 0.15) is 23.9 Å². The molecule has 0 aliphatic rings. The minimum atomic E-state index is -0.833. The minimum absolute atomic E-state index is 0.183. The number of benzene rings is 2. The summed E-state index contributed by atoms with van der Waals surface area (Å²) in [6, 6.07) is 9.41. The third kappa shape index (κ3) is 3.69. The molecule has 0 aliphatic heterocycles. The van der Waals surface area contributed by atoms with Crippen LogP contribution in [0, 0.1) is 18.6 Å². The molecule has 3 rings (SSSR count). The van der Waals surface area contributed by atoms with Crippen molar-refractivity contribution in [3.05, 3.63) is 75.9 Å². The van der Waals surface area contributed by atoms with Gasteiger partial charge in [-0.2, -0.15) is 0 Å². The summed E-state index contributed by atoms with van der Waals surface area (Å²) in [7, 11) is 0. The molecule has 25 heavy (non-hydrogen) atoms. The third-order valence-electron chi connectivity index (χ3n) is 3.62. The number of ether oxygens (including phenoxy) is 1. The van der Waals surface area contributed by atoms with Crippen LogP contribution in [0.5, 0.6) is 0 Å². The molecule has 0 amide bonds. The van der Waals surface area contributed by atoms with Gasteiger partial charge in [0.15, 0.2) is 5.76 Å². The van der Waals surface area contributed by atoms with E-state index in [1.54, 1.807) is 19.1 Å². The standard InChI is InChI=1S/C18H12ClF2NO3/c1-10-16(22-25-17(10)11-2-5-13(20)6-3-11)9-24-18(23)14-7-4-12(19)8-15(14)21/h2-8H,9H2,1H3. The zero-order valence-electron chi connectivity index (χ0n) is 13.1. The summed E-state index contributed by atoms with van der Waals surface area (Å²) in [6.45, 7) is 1.55. The first-order valence-electron chi connectivity index (χ1n) is 7.29. The van der Waals surface area contributed by atoms with Gasteiger partial charge in [0, 0.05) is 16.1 Å². The summed E-state index contributed by atoms with van der Waals surface area (Å²) in [5.41, 5.74) is 1.47. The Kier molecular flexibility index (Phi) is 4.81. The molecule has 0 fully saturated rings. The predicted molar refractivity (Wildman–Crippen MR) is 87.2 cm³/mol. The van der Waals surface area contributed by atoms with E-state index in [4.69, 9.17) is 20.9 Å². The molecule has 1 aromatic heterocycles. The van der Waals surface area contributed by atoms with Crippen molar-refractivity contribution in [2.24, 2.45) is 0 Å². The van der Waals surface area contributed by atoms with Crippen LogP contribution >= 0.6 is 11.6 Å². The number of carbonyl (C=O) groups excluding carboxylic acids is 1. The Hall–Kier alpha value is -2.73. The van der Waals surface area contributed by atoms with Crippen LogP contribution in [0.4, 0.5) is 8.78 Å². The van der Waals surface area contributed by atoms with E-state index in [1.165, 1.54) is 24.3 Å². The molecule has 0 N–H and O–H groups in total. The Bertz CT molecular complexity index is 923. The van der Waals surface area contributed by atoms with E-state index in [0.717, 1.165) is 6.07 Å². The maximum Gasteiger partial charge on any atom is 0.341 e. The lowest BCUT2D eigenvalue weighted by Gasteiger charge is -2.05. The summed E-state index contributed by atoms with van der Waals surface area (Å²) < 4.78 is 37.0. The minimum Gasteiger partial charge on any atom is -0.455 e. The highest BCUT2D eigenvalue weighted by Gasteiger charge is 2.18. The largest absolute Gasteiger partial charge is 0.455 e. The molecular weight excluding hydrogens is 352 g/mol. The highest BCUT2D eigenvalue weighted by molar-refractivity contribution is 6.30. The average molecular weight is 364 g/mol. The monoisotopic (exact) mass is 363 g/mol. The summed E-state index contributed by atoms with van der Waals surface area (Å²) in [6.07, 6.45) is 0. The van der Waals surface area contributed by atoms with Crippen molar-refractivity contribution in [1.82, 2.24) is 5.16 Å². The van der Waals surface area contributed by atoms with Crippen LogP contribution in [0.15, 0.2) is 47.0 Å². The lowest BCUT2D eigenvalue weighted by Crippen LogP contribution is -2.08. The second kappa shape index (κ2) is 7.03. The van der Waals surface area contributed by atoms with E-state index >= 15 is 0 Å². The van der Waals surface area contributed by atoms with Crippen molar-refractivity contribution in [2.45, 2.75) is 13.5 Å². The molecule has 0 atom stereocenters. The average Bonchev–Trinajstić information content (AvgIpc) is 2.94. The fourth-order valence-corrected chi connectivity index (χ4v) is 2.40. The van der Waals surface area contributed by atoms with E-state index in [0.29, 0.717) is 22.6 Å². The molecule has 0 spiro atoms. The maximum atomic E-state index is 13.7. The number of aromatic nitrogens is 1. The third-order valence-corrected chi connectivity index (χ3v) is 3.85. The van der Waals surface area contributed by atoms with Gasteiger partial charge in [-0.3, -0.25) is 0 Å². The first-order chi connectivity index (χ1) is 12.0. The topological polar surface area (TPSA) is 52.3 Å². The number of carbonyl (C=O) groups is 1. The molecule has 4 nitrogen and oxygen atoms in total. The first kappa shape index (κ1) is 17.1. The van der Waals surface area contributed by atoms with Gasteiger partial charge in [-0.25, -0.2) is 13.6 Å². The van der Waals surface area contributed by atoms with E-state index in [1.807, 2.05) is 0 Å². The normalized spacial score (nSPS) is 10.7. The van der Waals surface area contributed by atoms with Gasteiger partial charge in [0.05, 0.1) is 5.56 Å². The van der Waals surface area contributed by atoms with Gasteiger partial charge < -0.3 is 9.26 Å². The maximum absolute atomic E-state index is 13.7. The Labute approximate surface area is 147 Å². The summed E-state index contributed by atoms with van der Waals surface area (Å²) in [4.78, 5) is 12.0. The molecule has 128 valence electrons. The molecule has 0 radical (unpaired) electrons. The summed E-state index contributed by atoms with van der Waals surface area (Å²) in [5.74, 6) is -1.51. The highest BCUT2D eigenvalue weighted by atomic mass is 35.5. The van der Waals surface area contributed by atoms with E-state index in [9.17, 15) is 13.6 Å². The van der Waals surface area contributed by atoms with Gasteiger partial charge in [0.25, 0.3) is 0 Å². The van der Waals surface area contributed by atoms with E-state index < -0.39 is 11.8 Å². The van der Waals surface area contributed by atoms with Gasteiger partial charge in [-0.05, 0) is 49.4 Å². The van der Waals surface area contributed by atoms with Crippen molar-refractivity contribution in [2.75, 3.05) is 0 Å². The van der Waals surface area contributed by atoms with Crippen molar-refractivity contribution in [3.8, 4) is 11.3 Å². The van der Waals surface area contributed by atoms with Crippen LogP contribution in [0.2, 0.25) is 5.02 Å². The molecule has 0 bridgehead atoms. The molecule has 0 saturated heterocycles. The second-order valence-corrected chi connectivity index (χ2v) is 5.73. The quantitative estimate of drug-likeness (QED) is 0.616. The SMILES string of the molecule is Cc1c(COC(=O)c2ccc(Cl)cc2F)noc1-c1ccc(F)cc1. The van der Waals surface area contributed by atoms with Crippen LogP contribution in [0.25, 0.3) is 11.3 Å². The molecule has 0 aliphatic carbocycles. The van der Waals surface area contributed by atoms with Crippen molar-refractivity contribution in [3.63, 3.8) is 0 Å². The molecule has 3 aromatic rings. The van der Waals surface area contributed by atoms with E-state index in [-0.39, 0.29) is 23.0 Å². The van der Waals surface area contributed by atoms with Gasteiger partial charge in [0.2, 0.25) is 0 Å². The Balaban J connectivity index is 1.74. The van der Waals surface area contributed by atoms with Crippen LogP contribution in [-0.4, -0.2) is 11.1 Å². The smallest absolute Gasteiger partial charge is 0.341 e. The Morgan fingerprint density at radius 2 is 1.92 bits per heavy atom. The van der Waals surface area contributed by atoms with E-state index in [2.05, 4.69) is 5.16 Å². The first-order valence-corrected chi connectivity index (χ1v) is 7.67. The molecule has 2 aromatic carbocycles. The number of halogens is 3. The van der Waals surface area contributed by atoms with Gasteiger partial charge in [-0.15, -0.1) is 0 Å². The summed E-state index contributed by atoms with van der Waals surface area (Å²) >= 11 is 5.65. The van der Waals surface area contributed by atoms with Crippen molar-refractivity contribution < 1.29 is 22.8 Å². The van der Waals surface area contributed by atoms with Crippen LogP contribution in [-0.2, 0) is 11.3 Å². The molecule has 0 saturated carbocycles. The lowest BCUT2D eigenvalue weighted by molar-refractivity contribution is 0.0458. The molecular formula is C18H12ClF2NO3. The molecule has 7 heteroatoms. The number of hydrogen-bond donors (Lipinski definition) is 0. The van der Waals surface area contributed by atoms with Gasteiger partial charge >= 0.3 is 5.97 Å². The fourth-order valence-electron chi connectivity index (χ4n) is 2.24. The number of rotatable bonds is 4. The van der Waals surface area contributed by atoms with Gasteiger partial charge in [-0.1, -0.05) is 16.8 Å². The Morgan fingerprint density at radius 3 is 2.60 bits per heavy atom. The second-order valence-electron chi connectivity index (χ2n) is 5.29.